The highest BCUT2D eigenvalue weighted by atomic mass is 35.5. The van der Waals surface area contributed by atoms with Crippen LogP contribution in [-0.2, 0) is 0 Å². The Bertz CT molecular complexity index is 121. The minimum Gasteiger partial charge on any atom is -0.296 e. The topological polar surface area (TPSA) is 3.24 Å². The number of hydrogen-bond donors (Lipinski definition) is 0. The zero-order valence-electron chi connectivity index (χ0n) is 8.12. The maximum absolute atomic E-state index is 3.71. The molecular weight excluding hydrogens is 170 g/mol. The van der Waals surface area contributed by atoms with Gasteiger partial charge >= 0.3 is 0 Å². The normalized spacial score (nSPS) is 10.2. The van der Waals surface area contributed by atoms with Crippen LogP contribution in [0.1, 0.15) is 20.3 Å². The smallest absolute Gasteiger partial charge is 0.0166 e. The second-order valence-corrected chi connectivity index (χ2v) is 2.52. The molecule has 0 heterocycles. The first-order valence-corrected chi connectivity index (χ1v) is 4.33. The average Bonchev–Trinajstić information content (AvgIpc) is 2.03. The Morgan fingerprint density at radius 1 is 1.17 bits per heavy atom. The molecule has 72 valence electrons. The van der Waals surface area contributed by atoms with E-state index in [0.29, 0.717) is 0 Å². The van der Waals surface area contributed by atoms with Gasteiger partial charge in [-0.15, -0.1) is 19.0 Å². The van der Waals surface area contributed by atoms with Crippen LogP contribution >= 0.6 is 12.4 Å². The Labute approximate surface area is 82.6 Å². The molecule has 0 aliphatic carbocycles. The van der Waals surface area contributed by atoms with Gasteiger partial charge in [0, 0.05) is 13.1 Å². The standard InChI is InChI=1S/C10H19N.ClH/c1-4-7-8-10-11(6-3)9-5-2;/h5,7-8H,2,4,6,9-10H2,1,3H3;1H. The third-order valence-electron chi connectivity index (χ3n) is 1.60. The van der Waals surface area contributed by atoms with Crippen LogP contribution < -0.4 is 0 Å². The highest BCUT2D eigenvalue weighted by Gasteiger charge is 1.93. The highest BCUT2D eigenvalue weighted by molar-refractivity contribution is 5.85. The van der Waals surface area contributed by atoms with Crippen molar-refractivity contribution >= 4 is 12.4 Å². The summed E-state index contributed by atoms with van der Waals surface area (Å²) in [5.41, 5.74) is 0. The van der Waals surface area contributed by atoms with Gasteiger partial charge in [0.25, 0.3) is 0 Å². The van der Waals surface area contributed by atoms with Gasteiger partial charge < -0.3 is 0 Å². The number of halogens is 1. The minimum atomic E-state index is 0. The molecule has 0 aliphatic heterocycles. The lowest BCUT2D eigenvalue weighted by molar-refractivity contribution is 0.354. The molecule has 12 heavy (non-hydrogen) atoms. The summed E-state index contributed by atoms with van der Waals surface area (Å²) in [7, 11) is 0. The molecule has 0 aliphatic rings. The average molecular weight is 190 g/mol. The van der Waals surface area contributed by atoms with E-state index < -0.39 is 0 Å². The molecule has 0 amide bonds. The van der Waals surface area contributed by atoms with E-state index in [2.05, 4.69) is 37.5 Å². The summed E-state index contributed by atoms with van der Waals surface area (Å²) in [4.78, 5) is 2.33. The zero-order valence-corrected chi connectivity index (χ0v) is 8.94. The molecule has 0 bridgehead atoms. The van der Waals surface area contributed by atoms with Crippen molar-refractivity contribution in [1.29, 1.82) is 0 Å². The van der Waals surface area contributed by atoms with Gasteiger partial charge in [-0.3, -0.25) is 4.90 Å². The van der Waals surface area contributed by atoms with Crippen LogP contribution in [0.4, 0.5) is 0 Å². The molecule has 0 spiro atoms. The summed E-state index contributed by atoms with van der Waals surface area (Å²) in [6.45, 7) is 11.2. The lowest BCUT2D eigenvalue weighted by Gasteiger charge is -2.15. The van der Waals surface area contributed by atoms with Crippen LogP contribution in [0.5, 0.6) is 0 Å². The number of likely N-dealkylation sites (N-methyl/N-ethyl adjacent to an activating group) is 1. The van der Waals surface area contributed by atoms with Gasteiger partial charge in [-0.25, -0.2) is 0 Å². The maximum atomic E-state index is 3.71. The van der Waals surface area contributed by atoms with E-state index in [1.165, 1.54) is 0 Å². The predicted octanol–water partition coefficient (Wildman–Crippen LogP) is 2.88. The Hall–Kier alpha value is -0.270. The SMILES string of the molecule is C=CCN(CC)CC=CCC.Cl. The molecule has 0 fully saturated rings. The van der Waals surface area contributed by atoms with Crippen LogP contribution in [-0.4, -0.2) is 24.5 Å². The molecule has 1 nitrogen and oxygen atoms in total. The number of allylic oxidation sites excluding steroid dienone is 1. The van der Waals surface area contributed by atoms with Crippen molar-refractivity contribution in [2.45, 2.75) is 20.3 Å². The van der Waals surface area contributed by atoms with E-state index in [1.807, 2.05) is 6.08 Å². The van der Waals surface area contributed by atoms with E-state index in [9.17, 15) is 0 Å². The molecule has 0 aromatic carbocycles. The molecule has 0 radical (unpaired) electrons. The van der Waals surface area contributed by atoms with E-state index in [1.54, 1.807) is 0 Å². The summed E-state index contributed by atoms with van der Waals surface area (Å²) in [6.07, 6.45) is 7.49. The summed E-state index contributed by atoms with van der Waals surface area (Å²) < 4.78 is 0. The minimum absolute atomic E-state index is 0. The van der Waals surface area contributed by atoms with Crippen molar-refractivity contribution in [3.05, 3.63) is 24.8 Å². The van der Waals surface area contributed by atoms with Gasteiger partial charge in [0.2, 0.25) is 0 Å². The van der Waals surface area contributed by atoms with Gasteiger partial charge in [0.1, 0.15) is 0 Å². The van der Waals surface area contributed by atoms with Crippen molar-refractivity contribution in [1.82, 2.24) is 4.90 Å². The first kappa shape index (κ1) is 14.3. The van der Waals surface area contributed by atoms with Crippen LogP contribution in [0.15, 0.2) is 24.8 Å². The lowest BCUT2D eigenvalue weighted by atomic mass is 10.4. The van der Waals surface area contributed by atoms with E-state index >= 15 is 0 Å². The molecule has 0 saturated heterocycles. The Morgan fingerprint density at radius 3 is 2.25 bits per heavy atom. The van der Waals surface area contributed by atoms with Gasteiger partial charge in [-0.2, -0.15) is 0 Å². The number of nitrogens with zero attached hydrogens (tertiary/aromatic N) is 1. The van der Waals surface area contributed by atoms with Gasteiger partial charge in [0.15, 0.2) is 0 Å². The fraction of sp³-hybridized carbons (Fsp3) is 0.600. The molecule has 0 N–H and O–H groups in total. The molecule has 2 heteroatoms. The van der Waals surface area contributed by atoms with Crippen molar-refractivity contribution in [3.63, 3.8) is 0 Å². The van der Waals surface area contributed by atoms with Gasteiger partial charge in [-0.05, 0) is 13.0 Å². The number of hydrogen-bond acceptors (Lipinski definition) is 1. The Kier molecular flexibility index (Phi) is 12.8. The second-order valence-electron chi connectivity index (χ2n) is 2.52. The van der Waals surface area contributed by atoms with Crippen LogP contribution in [0.25, 0.3) is 0 Å². The van der Waals surface area contributed by atoms with Crippen molar-refractivity contribution < 1.29 is 0 Å². The van der Waals surface area contributed by atoms with E-state index in [0.717, 1.165) is 26.1 Å². The lowest BCUT2D eigenvalue weighted by Crippen LogP contribution is -2.23. The van der Waals surface area contributed by atoms with E-state index in [4.69, 9.17) is 0 Å². The third-order valence-corrected chi connectivity index (χ3v) is 1.60. The van der Waals surface area contributed by atoms with Crippen molar-refractivity contribution in [2.24, 2.45) is 0 Å². The molecule has 0 saturated carbocycles. The zero-order chi connectivity index (χ0) is 8.53. The quantitative estimate of drug-likeness (QED) is 0.581. The molecule has 0 unspecified atom stereocenters. The molecule has 0 aromatic heterocycles. The van der Waals surface area contributed by atoms with Crippen molar-refractivity contribution in [3.8, 4) is 0 Å². The molecule has 0 aromatic rings. The molecule has 0 atom stereocenters. The maximum Gasteiger partial charge on any atom is 0.0166 e. The Balaban J connectivity index is 0. The molecular formula is C10H20ClN. The van der Waals surface area contributed by atoms with Crippen LogP contribution in [0.3, 0.4) is 0 Å². The summed E-state index contributed by atoms with van der Waals surface area (Å²) >= 11 is 0. The third kappa shape index (κ3) is 7.83. The summed E-state index contributed by atoms with van der Waals surface area (Å²) in [5, 5.41) is 0. The van der Waals surface area contributed by atoms with Crippen molar-refractivity contribution in [2.75, 3.05) is 19.6 Å². The monoisotopic (exact) mass is 189 g/mol. The summed E-state index contributed by atoms with van der Waals surface area (Å²) in [6, 6.07) is 0. The molecule has 0 rings (SSSR count). The van der Waals surface area contributed by atoms with E-state index in [-0.39, 0.29) is 12.4 Å². The second kappa shape index (κ2) is 10.7. The Morgan fingerprint density at radius 2 is 1.83 bits per heavy atom. The first-order chi connectivity index (χ1) is 5.35. The number of rotatable bonds is 6. The van der Waals surface area contributed by atoms with Gasteiger partial charge in [-0.1, -0.05) is 32.1 Å². The van der Waals surface area contributed by atoms with Crippen LogP contribution in [0.2, 0.25) is 0 Å². The fourth-order valence-electron chi connectivity index (χ4n) is 0.906. The summed E-state index contributed by atoms with van der Waals surface area (Å²) in [5.74, 6) is 0. The predicted molar refractivity (Wildman–Crippen MR) is 59.0 cm³/mol. The highest BCUT2D eigenvalue weighted by Crippen LogP contribution is 1.89. The van der Waals surface area contributed by atoms with Crippen LogP contribution in [0, 0.1) is 0 Å². The largest absolute Gasteiger partial charge is 0.296 e. The van der Waals surface area contributed by atoms with Gasteiger partial charge in [0.05, 0.1) is 0 Å². The first-order valence-electron chi connectivity index (χ1n) is 4.33. The fourth-order valence-corrected chi connectivity index (χ4v) is 0.906.